The summed E-state index contributed by atoms with van der Waals surface area (Å²) in [5.74, 6) is -0.576. The lowest BCUT2D eigenvalue weighted by Gasteiger charge is -2.06. The van der Waals surface area contributed by atoms with Gasteiger partial charge in [-0.2, -0.15) is 13.2 Å². The van der Waals surface area contributed by atoms with Gasteiger partial charge in [0.1, 0.15) is 5.69 Å². The Bertz CT molecular complexity index is 1240. The van der Waals surface area contributed by atoms with E-state index < -0.39 is 27.6 Å². The van der Waals surface area contributed by atoms with E-state index in [4.69, 9.17) is 0 Å². The number of carbonyl (C=O) groups excluding carboxylic acids is 1. The molecule has 8 nitrogen and oxygen atoms in total. The Kier molecular flexibility index (Phi) is 5.47. The van der Waals surface area contributed by atoms with Crippen molar-refractivity contribution in [3.63, 3.8) is 0 Å². The summed E-state index contributed by atoms with van der Waals surface area (Å²) in [4.78, 5) is 27.8. The molecule has 1 aliphatic rings. The zero-order valence-electron chi connectivity index (χ0n) is 15.6. The summed E-state index contributed by atoms with van der Waals surface area (Å²) in [7, 11) is -3.38. The largest absolute Gasteiger partial charge is 0.434 e. The quantitative estimate of drug-likeness (QED) is 0.590. The first-order valence-electron chi connectivity index (χ1n) is 8.97. The second kappa shape index (κ2) is 7.96. The van der Waals surface area contributed by atoms with Gasteiger partial charge in [0, 0.05) is 12.4 Å². The second-order valence-electron chi connectivity index (χ2n) is 6.73. The van der Waals surface area contributed by atoms with Crippen LogP contribution in [0.1, 0.15) is 34.0 Å². The van der Waals surface area contributed by atoms with Gasteiger partial charge in [0.05, 0.1) is 39.7 Å². The van der Waals surface area contributed by atoms with Gasteiger partial charge in [-0.05, 0) is 25.0 Å². The topological polar surface area (TPSA) is 115 Å². The molecule has 1 aliphatic carbocycles. The Labute approximate surface area is 178 Å². The maximum Gasteiger partial charge on any atom is 0.434 e. The van der Waals surface area contributed by atoms with E-state index in [0.29, 0.717) is 24.7 Å². The molecule has 3 aromatic rings. The first-order chi connectivity index (χ1) is 14.6. The Hall–Kier alpha value is -2.93. The molecule has 1 fully saturated rings. The van der Waals surface area contributed by atoms with Crippen LogP contribution in [0.15, 0.2) is 41.8 Å². The summed E-state index contributed by atoms with van der Waals surface area (Å²) in [5, 5.41) is 2.23. The van der Waals surface area contributed by atoms with Gasteiger partial charge in [-0.25, -0.2) is 18.4 Å². The van der Waals surface area contributed by atoms with E-state index >= 15 is 0 Å². The number of hydrogen-bond donors (Lipinski definition) is 1. The number of sulfone groups is 1. The standard InChI is InChI=1S/C18H14F3N5O3S2/c19-18(20,21)15-9-22-7-13(26-15)14-8-25-17(30-14)16(27)24-6-10-5-12(3-4-23-10)31(28,29)11-1-2-11/h3-5,7-9,11H,1-2,6H2,(H,24,27). The third-order valence-corrected chi connectivity index (χ3v) is 7.67. The number of nitrogens with one attached hydrogen (secondary N) is 1. The minimum Gasteiger partial charge on any atom is -0.344 e. The second-order valence-corrected chi connectivity index (χ2v) is 9.99. The number of hydrogen-bond acceptors (Lipinski definition) is 8. The number of carbonyl (C=O) groups is 1. The third kappa shape index (κ3) is 4.71. The van der Waals surface area contributed by atoms with Crippen molar-refractivity contribution in [2.24, 2.45) is 0 Å². The summed E-state index contributed by atoms with van der Waals surface area (Å²) in [6.07, 6.45) is 1.01. The number of halogens is 3. The van der Waals surface area contributed by atoms with Crippen molar-refractivity contribution < 1.29 is 26.4 Å². The highest BCUT2D eigenvalue weighted by Crippen LogP contribution is 2.33. The summed E-state index contributed by atoms with van der Waals surface area (Å²) in [5.41, 5.74) is -0.835. The molecule has 0 bridgehead atoms. The van der Waals surface area contributed by atoms with Crippen molar-refractivity contribution in [1.82, 2.24) is 25.3 Å². The Balaban J connectivity index is 1.45. The highest BCUT2D eigenvalue weighted by atomic mass is 32.2. The van der Waals surface area contributed by atoms with Gasteiger partial charge in [-0.3, -0.25) is 14.8 Å². The van der Waals surface area contributed by atoms with Crippen LogP contribution in [0, 0.1) is 0 Å². The van der Waals surface area contributed by atoms with Crippen LogP contribution in [0.2, 0.25) is 0 Å². The molecule has 0 aliphatic heterocycles. The normalized spacial score (nSPS) is 14.4. The number of thiazole rings is 1. The molecule has 1 saturated carbocycles. The molecule has 0 saturated heterocycles. The Morgan fingerprint density at radius 1 is 1.19 bits per heavy atom. The molecule has 162 valence electrons. The van der Waals surface area contributed by atoms with Gasteiger partial charge in [-0.1, -0.05) is 0 Å². The van der Waals surface area contributed by atoms with Crippen LogP contribution in [-0.2, 0) is 22.6 Å². The Morgan fingerprint density at radius 3 is 2.68 bits per heavy atom. The van der Waals surface area contributed by atoms with Gasteiger partial charge in [-0.15, -0.1) is 11.3 Å². The summed E-state index contributed by atoms with van der Waals surface area (Å²) in [6.45, 7) is -0.0366. The predicted molar refractivity (Wildman–Crippen MR) is 104 cm³/mol. The highest BCUT2D eigenvalue weighted by molar-refractivity contribution is 7.92. The molecule has 4 rings (SSSR count). The maximum absolute atomic E-state index is 12.8. The zero-order chi connectivity index (χ0) is 22.2. The van der Waals surface area contributed by atoms with Gasteiger partial charge >= 0.3 is 6.18 Å². The summed E-state index contributed by atoms with van der Waals surface area (Å²) >= 11 is 0.859. The fourth-order valence-corrected chi connectivity index (χ4v) is 5.15. The number of amides is 1. The van der Waals surface area contributed by atoms with Crippen LogP contribution < -0.4 is 5.32 Å². The first-order valence-corrected chi connectivity index (χ1v) is 11.3. The fraction of sp³-hybridized carbons (Fsp3) is 0.278. The van der Waals surface area contributed by atoms with E-state index in [0.717, 1.165) is 17.5 Å². The SMILES string of the molecule is O=C(NCc1cc(S(=O)(=O)C2CC2)ccn1)c1ncc(-c2cncc(C(F)(F)F)n2)s1. The van der Waals surface area contributed by atoms with Crippen molar-refractivity contribution in [3.8, 4) is 10.6 Å². The Morgan fingerprint density at radius 2 is 1.97 bits per heavy atom. The van der Waals surface area contributed by atoms with Crippen molar-refractivity contribution in [1.29, 1.82) is 0 Å². The molecular formula is C18H14F3N5O3S2. The number of nitrogens with zero attached hydrogens (tertiary/aromatic N) is 4. The van der Waals surface area contributed by atoms with Crippen molar-refractivity contribution >= 4 is 27.1 Å². The molecule has 0 aromatic carbocycles. The first kappa shape index (κ1) is 21.3. The van der Waals surface area contributed by atoms with Crippen molar-refractivity contribution in [2.45, 2.75) is 35.7 Å². The number of alkyl halides is 3. The van der Waals surface area contributed by atoms with Crippen LogP contribution in [0.25, 0.3) is 10.6 Å². The molecule has 0 atom stereocenters. The van der Waals surface area contributed by atoms with Gasteiger partial charge in [0.2, 0.25) is 0 Å². The average Bonchev–Trinajstić information content (AvgIpc) is 3.49. The van der Waals surface area contributed by atoms with E-state index in [1.165, 1.54) is 24.5 Å². The zero-order valence-corrected chi connectivity index (χ0v) is 17.3. The fourth-order valence-electron chi connectivity index (χ4n) is 2.67. The monoisotopic (exact) mass is 469 g/mol. The van der Waals surface area contributed by atoms with Crippen molar-refractivity contribution in [3.05, 3.63) is 53.3 Å². The van der Waals surface area contributed by atoms with E-state index in [-0.39, 0.29) is 32.3 Å². The van der Waals surface area contributed by atoms with Crippen LogP contribution >= 0.6 is 11.3 Å². The molecule has 31 heavy (non-hydrogen) atoms. The van der Waals surface area contributed by atoms with E-state index in [2.05, 4.69) is 25.3 Å². The smallest absolute Gasteiger partial charge is 0.344 e. The third-order valence-electron chi connectivity index (χ3n) is 4.39. The van der Waals surface area contributed by atoms with E-state index in [1.807, 2.05) is 0 Å². The molecule has 1 N–H and O–H groups in total. The lowest BCUT2D eigenvalue weighted by Crippen LogP contribution is -2.23. The summed E-state index contributed by atoms with van der Waals surface area (Å²) < 4.78 is 63.1. The highest BCUT2D eigenvalue weighted by Gasteiger charge is 2.37. The molecule has 0 radical (unpaired) electrons. The summed E-state index contributed by atoms with van der Waals surface area (Å²) in [6, 6.07) is 2.83. The molecule has 0 spiro atoms. The maximum atomic E-state index is 12.8. The lowest BCUT2D eigenvalue weighted by atomic mass is 10.3. The molecule has 3 aromatic heterocycles. The number of rotatable bonds is 6. The number of aromatic nitrogens is 4. The number of pyridine rings is 1. The van der Waals surface area contributed by atoms with E-state index in [1.54, 1.807) is 0 Å². The average molecular weight is 469 g/mol. The molecule has 13 heteroatoms. The molecule has 1 amide bonds. The van der Waals surface area contributed by atoms with Gasteiger partial charge in [0.25, 0.3) is 5.91 Å². The van der Waals surface area contributed by atoms with Crippen LogP contribution in [-0.4, -0.2) is 39.5 Å². The molecule has 0 unspecified atom stereocenters. The van der Waals surface area contributed by atoms with Crippen molar-refractivity contribution in [2.75, 3.05) is 0 Å². The minimum absolute atomic E-state index is 0.0102. The molecule has 3 heterocycles. The van der Waals surface area contributed by atoms with Crippen LogP contribution in [0.5, 0.6) is 0 Å². The minimum atomic E-state index is -4.64. The molecular weight excluding hydrogens is 455 g/mol. The van der Waals surface area contributed by atoms with E-state index in [9.17, 15) is 26.4 Å². The lowest BCUT2D eigenvalue weighted by molar-refractivity contribution is -0.141. The van der Waals surface area contributed by atoms with Gasteiger partial charge in [0.15, 0.2) is 20.5 Å². The predicted octanol–water partition coefficient (Wildman–Crippen LogP) is 2.88. The van der Waals surface area contributed by atoms with Crippen LogP contribution in [0.3, 0.4) is 0 Å². The van der Waals surface area contributed by atoms with Crippen LogP contribution in [0.4, 0.5) is 13.2 Å². The van der Waals surface area contributed by atoms with Gasteiger partial charge < -0.3 is 5.32 Å².